The average Bonchev–Trinajstić information content (AvgIpc) is 3.17. The number of pyridine rings is 1. The van der Waals surface area contributed by atoms with Crippen molar-refractivity contribution in [1.29, 1.82) is 0 Å². The number of rotatable bonds is 9. The highest BCUT2D eigenvalue weighted by Crippen LogP contribution is 2.17. The lowest BCUT2D eigenvalue weighted by atomic mass is 10.1. The molecule has 0 saturated carbocycles. The van der Waals surface area contributed by atoms with Crippen LogP contribution >= 0.6 is 0 Å². The Bertz CT molecular complexity index is 505. The summed E-state index contributed by atoms with van der Waals surface area (Å²) < 4.78 is 0. The minimum atomic E-state index is 0.443. The third-order valence-corrected chi connectivity index (χ3v) is 4.80. The third kappa shape index (κ3) is 6.92. The van der Waals surface area contributed by atoms with Crippen LogP contribution in [0.25, 0.3) is 0 Å². The van der Waals surface area contributed by atoms with Gasteiger partial charge in [0.15, 0.2) is 5.96 Å². The van der Waals surface area contributed by atoms with Crippen molar-refractivity contribution in [2.24, 2.45) is 4.99 Å². The monoisotopic (exact) mass is 345 g/mol. The molecule has 1 fully saturated rings. The molecule has 25 heavy (non-hydrogen) atoms. The fourth-order valence-electron chi connectivity index (χ4n) is 3.22. The molecule has 0 aromatic carbocycles. The second kappa shape index (κ2) is 11.0. The molecule has 0 radical (unpaired) electrons. The zero-order valence-corrected chi connectivity index (χ0v) is 16.2. The second-order valence-electron chi connectivity index (χ2n) is 7.04. The number of aromatic nitrogens is 1. The van der Waals surface area contributed by atoms with Gasteiger partial charge >= 0.3 is 0 Å². The highest BCUT2D eigenvalue weighted by atomic mass is 15.2. The first-order valence-electron chi connectivity index (χ1n) is 9.90. The lowest BCUT2D eigenvalue weighted by Crippen LogP contribution is -2.41. The molecular formula is C20H35N5. The molecule has 1 aliphatic heterocycles. The van der Waals surface area contributed by atoms with Crippen molar-refractivity contribution in [3.8, 4) is 0 Å². The number of guanidine groups is 1. The van der Waals surface area contributed by atoms with E-state index < -0.39 is 0 Å². The largest absolute Gasteiger partial charge is 0.357 e. The van der Waals surface area contributed by atoms with E-state index in [4.69, 9.17) is 0 Å². The smallest absolute Gasteiger partial charge is 0.191 e. The number of hydrogen-bond donors (Lipinski definition) is 2. The van der Waals surface area contributed by atoms with E-state index in [9.17, 15) is 0 Å². The molecule has 1 atom stereocenters. The van der Waals surface area contributed by atoms with Gasteiger partial charge in [-0.3, -0.25) is 4.99 Å². The van der Waals surface area contributed by atoms with Crippen LogP contribution in [0.1, 0.15) is 64.4 Å². The van der Waals surface area contributed by atoms with Gasteiger partial charge in [-0.25, -0.2) is 4.98 Å². The van der Waals surface area contributed by atoms with Crippen molar-refractivity contribution in [2.75, 3.05) is 25.0 Å². The quantitative estimate of drug-likeness (QED) is 0.407. The summed E-state index contributed by atoms with van der Waals surface area (Å²) in [4.78, 5) is 11.3. The van der Waals surface area contributed by atoms with Crippen molar-refractivity contribution < 1.29 is 0 Å². The zero-order valence-electron chi connectivity index (χ0n) is 16.2. The molecule has 1 aromatic rings. The Morgan fingerprint density at radius 1 is 1.24 bits per heavy atom. The number of aliphatic imine (C=N–C) groups is 1. The van der Waals surface area contributed by atoms with Crippen LogP contribution in [0.15, 0.2) is 23.3 Å². The van der Waals surface area contributed by atoms with Gasteiger partial charge in [-0.2, -0.15) is 0 Å². The predicted molar refractivity (Wildman–Crippen MR) is 107 cm³/mol. The van der Waals surface area contributed by atoms with Gasteiger partial charge in [-0.15, -0.1) is 0 Å². The van der Waals surface area contributed by atoms with E-state index in [-0.39, 0.29) is 0 Å². The van der Waals surface area contributed by atoms with Crippen LogP contribution in [0.2, 0.25) is 0 Å². The minimum Gasteiger partial charge on any atom is -0.357 e. The molecule has 2 N–H and O–H groups in total. The summed E-state index contributed by atoms with van der Waals surface area (Å²) in [6.45, 7) is 7.50. The van der Waals surface area contributed by atoms with Crippen molar-refractivity contribution in [2.45, 2.75) is 71.4 Å². The number of nitrogens with one attached hydrogen (secondary N) is 2. The van der Waals surface area contributed by atoms with Crippen molar-refractivity contribution in [3.63, 3.8) is 0 Å². The van der Waals surface area contributed by atoms with Crippen LogP contribution in [0.3, 0.4) is 0 Å². The normalized spacial score (nSPS) is 16.1. The van der Waals surface area contributed by atoms with Gasteiger partial charge in [0.2, 0.25) is 0 Å². The summed E-state index contributed by atoms with van der Waals surface area (Å²) >= 11 is 0. The van der Waals surface area contributed by atoms with Crippen LogP contribution in [0.4, 0.5) is 5.82 Å². The lowest BCUT2D eigenvalue weighted by Gasteiger charge is -2.18. The van der Waals surface area contributed by atoms with Crippen molar-refractivity contribution >= 4 is 11.8 Å². The van der Waals surface area contributed by atoms with Crippen molar-refractivity contribution in [3.05, 3.63) is 23.9 Å². The van der Waals surface area contributed by atoms with E-state index in [0.717, 1.165) is 31.4 Å². The lowest BCUT2D eigenvalue weighted by molar-refractivity contribution is 0.537. The summed E-state index contributed by atoms with van der Waals surface area (Å²) in [5.74, 6) is 1.97. The van der Waals surface area contributed by atoms with Gasteiger partial charge in [0.25, 0.3) is 0 Å². The summed E-state index contributed by atoms with van der Waals surface area (Å²) in [7, 11) is 1.83. The summed E-state index contributed by atoms with van der Waals surface area (Å²) in [6.07, 6.45) is 10.9. The Labute approximate surface area is 153 Å². The summed E-state index contributed by atoms with van der Waals surface area (Å²) in [6, 6.07) is 4.74. The van der Waals surface area contributed by atoms with E-state index in [2.05, 4.69) is 51.5 Å². The number of nitrogens with zero attached hydrogens (tertiary/aromatic N) is 3. The molecule has 1 aliphatic rings. The van der Waals surface area contributed by atoms with Gasteiger partial charge in [0, 0.05) is 38.9 Å². The molecule has 5 heteroatoms. The fraction of sp³-hybridized carbons (Fsp3) is 0.700. The molecular weight excluding hydrogens is 310 g/mol. The first kappa shape index (κ1) is 19.5. The highest BCUT2D eigenvalue weighted by molar-refractivity contribution is 5.79. The topological polar surface area (TPSA) is 52.6 Å². The van der Waals surface area contributed by atoms with Crippen LogP contribution in [0.5, 0.6) is 0 Å². The molecule has 140 valence electrons. The molecule has 5 nitrogen and oxygen atoms in total. The molecule has 0 spiro atoms. The highest BCUT2D eigenvalue weighted by Gasteiger charge is 2.13. The Morgan fingerprint density at radius 3 is 2.68 bits per heavy atom. The Morgan fingerprint density at radius 2 is 2.04 bits per heavy atom. The minimum absolute atomic E-state index is 0.443. The molecule has 1 unspecified atom stereocenters. The van der Waals surface area contributed by atoms with Crippen LogP contribution < -0.4 is 15.5 Å². The summed E-state index contributed by atoms with van der Waals surface area (Å²) in [5, 5.41) is 6.87. The zero-order chi connectivity index (χ0) is 17.9. The molecule has 0 aliphatic carbocycles. The second-order valence-corrected chi connectivity index (χ2v) is 7.04. The molecule has 1 aromatic heterocycles. The number of hydrogen-bond acceptors (Lipinski definition) is 3. The van der Waals surface area contributed by atoms with E-state index >= 15 is 0 Å². The maximum Gasteiger partial charge on any atom is 0.191 e. The Balaban J connectivity index is 1.72. The van der Waals surface area contributed by atoms with E-state index in [1.807, 2.05) is 13.2 Å². The summed E-state index contributed by atoms with van der Waals surface area (Å²) in [5.41, 5.74) is 1.18. The predicted octanol–water partition coefficient (Wildman–Crippen LogP) is 3.71. The maximum absolute atomic E-state index is 4.61. The average molecular weight is 346 g/mol. The van der Waals surface area contributed by atoms with Crippen LogP contribution in [-0.2, 0) is 6.54 Å². The van der Waals surface area contributed by atoms with Crippen molar-refractivity contribution in [1.82, 2.24) is 15.6 Å². The van der Waals surface area contributed by atoms with Gasteiger partial charge in [-0.1, -0.05) is 38.7 Å². The standard InChI is InChI=1S/C20H35N5/c1-4-5-6-7-10-17(2)24-20(21-3)23-16-18-11-12-19(22-15-18)25-13-8-9-14-25/h11-12,15,17H,4-10,13-14,16H2,1-3H3,(H2,21,23,24). The Hall–Kier alpha value is -1.78. The fourth-order valence-corrected chi connectivity index (χ4v) is 3.22. The molecule has 1 saturated heterocycles. The third-order valence-electron chi connectivity index (χ3n) is 4.80. The van der Waals surface area contributed by atoms with E-state index in [0.29, 0.717) is 6.04 Å². The first-order valence-corrected chi connectivity index (χ1v) is 9.90. The maximum atomic E-state index is 4.61. The van der Waals surface area contributed by atoms with Crippen LogP contribution in [0, 0.1) is 0 Å². The van der Waals surface area contributed by atoms with Gasteiger partial charge in [0.05, 0.1) is 0 Å². The molecule has 0 bridgehead atoms. The Kier molecular flexibility index (Phi) is 8.56. The van der Waals surface area contributed by atoms with E-state index in [1.54, 1.807) is 0 Å². The SMILES string of the molecule is CCCCCCC(C)NC(=NC)NCc1ccc(N2CCCC2)nc1. The molecule has 2 rings (SSSR count). The van der Waals surface area contributed by atoms with Gasteiger partial charge in [-0.05, 0) is 37.8 Å². The number of unbranched alkanes of at least 4 members (excludes halogenated alkanes) is 3. The van der Waals surface area contributed by atoms with Gasteiger partial charge < -0.3 is 15.5 Å². The molecule has 2 heterocycles. The number of anilines is 1. The van der Waals surface area contributed by atoms with Gasteiger partial charge in [0.1, 0.15) is 5.82 Å². The van der Waals surface area contributed by atoms with E-state index in [1.165, 1.54) is 50.5 Å². The van der Waals surface area contributed by atoms with Crippen LogP contribution in [-0.4, -0.2) is 37.1 Å². The molecule has 0 amide bonds. The first-order chi connectivity index (χ1) is 12.2.